The lowest BCUT2D eigenvalue weighted by Crippen LogP contribution is -2.59. The molecule has 2 bridgehead atoms. The summed E-state index contributed by atoms with van der Waals surface area (Å²) in [7, 11) is 4.70. The van der Waals surface area contributed by atoms with Gasteiger partial charge in [-0.3, -0.25) is 28.8 Å². The molecule has 4 N–H and O–H groups in total. The normalized spacial score (nSPS) is 22.3. The molecule has 1 aromatic rings. The lowest BCUT2D eigenvalue weighted by Gasteiger charge is -2.41. The predicted molar refractivity (Wildman–Crippen MR) is 245 cm³/mol. The molecule has 4 fully saturated rings. The van der Waals surface area contributed by atoms with Crippen molar-refractivity contribution < 1.29 is 48.1 Å². The van der Waals surface area contributed by atoms with Crippen LogP contribution in [0.5, 0.6) is 0 Å². The molecule has 1 saturated carbocycles. The largest absolute Gasteiger partial charge is 0.480 e. The number of ether oxygens (including phenoxy) is 2. The van der Waals surface area contributed by atoms with Crippen LogP contribution in [-0.2, 0) is 49.5 Å². The molecule has 16 nitrogen and oxygen atoms in total. The van der Waals surface area contributed by atoms with Crippen LogP contribution in [0, 0.1) is 23.7 Å². The number of nitrogens with one attached hydrogen (secondary N) is 3. The van der Waals surface area contributed by atoms with Gasteiger partial charge in [0.2, 0.25) is 35.4 Å². The van der Waals surface area contributed by atoms with Crippen molar-refractivity contribution in [3.8, 4) is 0 Å². The molecule has 9 atom stereocenters. The number of carbonyl (C=O) groups excluding carboxylic acids is 6. The van der Waals surface area contributed by atoms with Crippen LogP contribution in [0.15, 0.2) is 30.3 Å². The number of alkyl halides is 1. The molecule has 3 aliphatic heterocycles. The lowest BCUT2D eigenvalue weighted by molar-refractivity contribution is -0.148. The summed E-state index contributed by atoms with van der Waals surface area (Å²) >= 11 is 3.13. The topological polar surface area (TPSA) is 204 Å². The summed E-state index contributed by atoms with van der Waals surface area (Å²) < 4.78 is 11.9. The number of unbranched alkanes of at least 4 members (excludes halogenated alkanes) is 2. The summed E-state index contributed by atoms with van der Waals surface area (Å²) in [6.45, 7) is 10.4. The van der Waals surface area contributed by atoms with E-state index in [1.54, 1.807) is 40.8 Å². The zero-order valence-electron chi connectivity index (χ0n) is 39.1. The van der Waals surface area contributed by atoms with E-state index in [1.807, 2.05) is 45.9 Å². The minimum absolute atomic E-state index is 0.0149. The van der Waals surface area contributed by atoms with E-state index in [4.69, 9.17) is 9.47 Å². The summed E-state index contributed by atoms with van der Waals surface area (Å²) in [5.74, 6) is -3.79. The summed E-state index contributed by atoms with van der Waals surface area (Å²) in [5.41, 5.74) is 0.772. The van der Waals surface area contributed by atoms with Crippen molar-refractivity contribution in [2.24, 2.45) is 23.7 Å². The molecular weight excluding hydrogens is 888 g/mol. The number of fused-ring (bicyclic) bond motifs is 1. The maximum Gasteiger partial charge on any atom is 0.326 e. The van der Waals surface area contributed by atoms with Gasteiger partial charge in [0, 0.05) is 53.2 Å². The highest BCUT2D eigenvalue weighted by Crippen LogP contribution is 2.46. The van der Waals surface area contributed by atoms with E-state index in [-0.39, 0.29) is 71.5 Å². The third-order valence-corrected chi connectivity index (χ3v) is 14.3. The second kappa shape index (κ2) is 25.0. The molecule has 0 spiro atoms. The fourth-order valence-electron chi connectivity index (χ4n) is 9.88. The Morgan fingerprint density at radius 2 is 1.62 bits per heavy atom. The van der Waals surface area contributed by atoms with Crippen LogP contribution in [0.2, 0.25) is 0 Å². The molecule has 3 heterocycles. The van der Waals surface area contributed by atoms with Gasteiger partial charge >= 0.3 is 5.97 Å². The number of carboxylic acid groups (broad SMARTS) is 1. The first-order valence-corrected chi connectivity index (χ1v) is 24.2. The smallest absolute Gasteiger partial charge is 0.326 e. The minimum atomic E-state index is -1.15. The van der Waals surface area contributed by atoms with E-state index >= 15 is 0 Å². The van der Waals surface area contributed by atoms with E-state index in [0.29, 0.717) is 45.2 Å². The third-order valence-electron chi connectivity index (χ3n) is 13.7. The minimum Gasteiger partial charge on any atom is -0.480 e. The van der Waals surface area contributed by atoms with E-state index in [1.165, 1.54) is 14.2 Å². The van der Waals surface area contributed by atoms with Crippen LogP contribution >= 0.6 is 15.9 Å². The number of rotatable bonds is 26. The number of likely N-dealkylation sites (N-methyl/N-ethyl adjacent to an activating group) is 1. The van der Waals surface area contributed by atoms with Gasteiger partial charge < -0.3 is 45.2 Å². The number of amides is 6. The van der Waals surface area contributed by atoms with E-state index in [0.717, 1.165) is 31.2 Å². The van der Waals surface area contributed by atoms with Gasteiger partial charge in [-0.15, -0.1) is 0 Å². The average Bonchev–Trinajstić information content (AvgIpc) is 4.01. The Kier molecular flexibility index (Phi) is 20.5. The van der Waals surface area contributed by atoms with Gasteiger partial charge in [-0.25, -0.2) is 4.79 Å². The molecule has 358 valence electrons. The van der Waals surface area contributed by atoms with Crippen molar-refractivity contribution in [2.75, 3.05) is 39.7 Å². The van der Waals surface area contributed by atoms with Crippen molar-refractivity contribution in [3.63, 3.8) is 0 Å². The highest BCUT2D eigenvalue weighted by atomic mass is 79.9. The number of benzene rings is 1. The zero-order valence-corrected chi connectivity index (χ0v) is 40.6. The number of halogens is 1. The third kappa shape index (κ3) is 13.3. The standard InChI is InChI=1S/C47H73BrN6O10/c1-9-29(4)41(52(6)46(60)40(28(2)3)51-45(59)42-32-24-33(25-32)54(42)38(56)20-14-11-15-21-49-37(55)27-48)36(63-7)26-39(57)53-22-16-19-35(53)43(64-8)30(5)44(58)50-34(47(61)62)23-31-17-12-10-13-18-31/h10,12-13,17-18,28-30,32-36,40-43H,9,11,14-16,19-27H2,1-8H3,(H,49,55)(H,50,58)(H,51,59)(H,61,62)/t29-,30+,32?,33?,34-,35-,36+,40-,41-,42-,43+/m0/s1. The second-order valence-corrected chi connectivity index (χ2v) is 18.9. The Labute approximate surface area is 387 Å². The molecular formula is C47H73BrN6O10. The highest BCUT2D eigenvalue weighted by molar-refractivity contribution is 9.09. The summed E-state index contributed by atoms with van der Waals surface area (Å²) in [6, 6.07) is 5.39. The molecule has 5 rings (SSSR count). The molecule has 1 aliphatic carbocycles. The Balaban J connectivity index is 1.42. The monoisotopic (exact) mass is 960 g/mol. The fraction of sp³-hybridized carbons (Fsp3) is 0.723. The number of hydrogen-bond acceptors (Lipinski definition) is 9. The zero-order chi connectivity index (χ0) is 47.2. The molecule has 0 aromatic heterocycles. The van der Waals surface area contributed by atoms with Crippen LogP contribution in [0.4, 0.5) is 0 Å². The average molecular weight is 962 g/mol. The molecule has 4 aliphatic rings. The van der Waals surface area contributed by atoms with Gasteiger partial charge in [-0.05, 0) is 61.8 Å². The number of aliphatic carboxylic acids is 1. The molecule has 64 heavy (non-hydrogen) atoms. The van der Waals surface area contributed by atoms with Gasteiger partial charge in [0.05, 0.1) is 42.0 Å². The van der Waals surface area contributed by atoms with Crippen LogP contribution in [0.1, 0.15) is 104 Å². The Morgan fingerprint density at radius 1 is 0.938 bits per heavy atom. The molecule has 3 saturated heterocycles. The lowest BCUT2D eigenvalue weighted by atomic mass is 9.82. The van der Waals surface area contributed by atoms with E-state index < -0.39 is 60.2 Å². The SMILES string of the molecule is CC[C@H](C)[C@@H]([C@@H](CC(=O)N1CCC[C@H]1[C@H](OC)[C@@H](C)C(=O)N[C@@H](Cc1ccccc1)C(=O)O)OC)N(C)C(=O)[C@@H](NC(=O)[C@@H]1C2CC(C2)N1C(=O)CCCCCNC(=O)CBr)C(C)C. The molecule has 0 unspecified atom stereocenters. The van der Waals surface area contributed by atoms with Gasteiger partial charge in [-0.1, -0.05) is 93.7 Å². The number of likely N-dealkylation sites (tertiary alicyclic amines) is 1. The molecule has 6 amide bonds. The number of hydrogen-bond donors (Lipinski definition) is 4. The molecule has 1 aromatic carbocycles. The van der Waals surface area contributed by atoms with E-state index in [2.05, 4.69) is 31.9 Å². The van der Waals surface area contributed by atoms with Gasteiger partial charge in [0.25, 0.3) is 0 Å². The number of carboxylic acids is 1. The van der Waals surface area contributed by atoms with Gasteiger partial charge in [0.15, 0.2) is 0 Å². The number of carbonyl (C=O) groups is 7. The summed E-state index contributed by atoms with van der Waals surface area (Å²) in [4.78, 5) is 98.7. The number of methoxy groups -OCH3 is 2. The first-order valence-electron chi connectivity index (χ1n) is 23.1. The quantitative estimate of drug-likeness (QED) is 0.0779. The first-order chi connectivity index (χ1) is 30.5. The fourth-order valence-corrected chi connectivity index (χ4v) is 10.1. The van der Waals surface area contributed by atoms with Crippen LogP contribution in [0.25, 0.3) is 0 Å². The van der Waals surface area contributed by atoms with Crippen molar-refractivity contribution in [3.05, 3.63) is 35.9 Å². The van der Waals surface area contributed by atoms with Crippen molar-refractivity contribution in [1.82, 2.24) is 30.7 Å². The van der Waals surface area contributed by atoms with Crippen LogP contribution < -0.4 is 16.0 Å². The van der Waals surface area contributed by atoms with Crippen molar-refractivity contribution >= 4 is 57.3 Å². The highest BCUT2D eigenvalue weighted by Gasteiger charge is 2.56. The summed E-state index contributed by atoms with van der Waals surface area (Å²) in [5, 5.41) is 18.7. The maximum atomic E-state index is 14.6. The van der Waals surface area contributed by atoms with Crippen molar-refractivity contribution in [2.45, 2.75) is 154 Å². The summed E-state index contributed by atoms with van der Waals surface area (Å²) in [6.07, 6.45) is 4.57. The van der Waals surface area contributed by atoms with Gasteiger partial charge in [0.1, 0.15) is 18.1 Å². The number of nitrogens with zero attached hydrogens (tertiary/aromatic N) is 3. The second-order valence-electron chi connectivity index (χ2n) is 18.3. The Hall–Kier alpha value is -4.09. The Morgan fingerprint density at radius 3 is 2.22 bits per heavy atom. The molecule has 17 heteroatoms. The first kappa shape index (κ1) is 52.5. The maximum absolute atomic E-state index is 14.6. The Bertz CT molecular complexity index is 1750. The van der Waals surface area contributed by atoms with E-state index in [9.17, 15) is 38.7 Å². The predicted octanol–water partition coefficient (Wildman–Crippen LogP) is 3.92. The van der Waals surface area contributed by atoms with Crippen LogP contribution in [0.3, 0.4) is 0 Å². The van der Waals surface area contributed by atoms with Gasteiger partial charge in [-0.2, -0.15) is 0 Å². The van der Waals surface area contributed by atoms with Crippen molar-refractivity contribution in [1.29, 1.82) is 0 Å². The van der Waals surface area contributed by atoms with Crippen LogP contribution in [-0.4, -0.2) is 149 Å². The molecule has 0 radical (unpaired) electrons.